The van der Waals surface area contributed by atoms with Crippen LogP contribution in [0.3, 0.4) is 0 Å². The molecule has 1 aliphatic rings. The summed E-state index contributed by atoms with van der Waals surface area (Å²) in [6, 6.07) is 8.43. The molecule has 1 aromatic rings. The summed E-state index contributed by atoms with van der Waals surface area (Å²) in [7, 11) is 0. The fourth-order valence-corrected chi connectivity index (χ4v) is 2.90. The van der Waals surface area contributed by atoms with Crippen LogP contribution in [0, 0.1) is 17.2 Å². The molecule has 148 valence electrons. The average Bonchev–Trinajstić information content (AvgIpc) is 2.65. The van der Waals surface area contributed by atoms with Crippen molar-refractivity contribution in [2.24, 2.45) is 11.7 Å². The second kappa shape index (κ2) is 9.50. The molecule has 1 heterocycles. The van der Waals surface area contributed by atoms with Crippen molar-refractivity contribution in [3.8, 4) is 6.07 Å². The van der Waals surface area contributed by atoms with Gasteiger partial charge in [-0.2, -0.15) is 5.26 Å². The lowest BCUT2D eigenvalue weighted by molar-refractivity contribution is -0.138. The van der Waals surface area contributed by atoms with E-state index in [0.717, 1.165) is 5.56 Å². The monoisotopic (exact) mass is 385 g/mol. The highest BCUT2D eigenvalue weighted by atomic mass is 16.2. The van der Waals surface area contributed by atoms with Crippen molar-refractivity contribution in [1.82, 2.24) is 16.0 Å². The zero-order valence-electron chi connectivity index (χ0n) is 15.5. The molecule has 5 N–H and O–H groups in total. The number of piperazine rings is 1. The standard InChI is InChI=1S/C19H23N5O4/c1-11(10-20)7-13(17(21)26)22-16(25)9-15-19(28)23-14(18(27)24-15)8-12-5-3-2-4-6-12/h2-6,11,13-15H,7-9H2,1H3,(H2,21,26)(H,22,25)(H,23,28)(H,24,27)/t11-,13+,14-,15-/m0/s1. The van der Waals surface area contributed by atoms with E-state index in [1.807, 2.05) is 36.4 Å². The van der Waals surface area contributed by atoms with E-state index in [0.29, 0.717) is 6.42 Å². The third kappa shape index (κ3) is 5.81. The molecule has 1 saturated heterocycles. The van der Waals surface area contributed by atoms with Crippen molar-refractivity contribution in [2.75, 3.05) is 0 Å². The van der Waals surface area contributed by atoms with Gasteiger partial charge in [0, 0.05) is 12.3 Å². The number of rotatable bonds is 8. The first-order valence-corrected chi connectivity index (χ1v) is 8.93. The summed E-state index contributed by atoms with van der Waals surface area (Å²) in [4.78, 5) is 48.2. The molecule has 0 radical (unpaired) electrons. The maximum absolute atomic E-state index is 12.3. The lowest BCUT2D eigenvalue weighted by Crippen LogP contribution is -2.63. The zero-order chi connectivity index (χ0) is 20.7. The Hall–Kier alpha value is -3.41. The highest BCUT2D eigenvalue weighted by molar-refractivity contribution is 5.99. The smallest absolute Gasteiger partial charge is 0.243 e. The molecule has 2 rings (SSSR count). The van der Waals surface area contributed by atoms with E-state index in [1.54, 1.807) is 6.92 Å². The van der Waals surface area contributed by atoms with Crippen molar-refractivity contribution in [2.45, 2.75) is 44.3 Å². The number of nitrogens with one attached hydrogen (secondary N) is 3. The van der Waals surface area contributed by atoms with E-state index < -0.39 is 41.8 Å². The zero-order valence-corrected chi connectivity index (χ0v) is 15.5. The van der Waals surface area contributed by atoms with Crippen LogP contribution < -0.4 is 21.7 Å². The van der Waals surface area contributed by atoms with Gasteiger partial charge in [0.2, 0.25) is 23.6 Å². The summed E-state index contributed by atoms with van der Waals surface area (Å²) < 4.78 is 0. The van der Waals surface area contributed by atoms with Gasteiger partial charge < -0.3 is 21.7 Å². The second-order valence-electron chi connectivity index (χ2n) is 6.80. The third-order valence-electron chi connectivity index (χ3n) is 4.43. The van der Waals surface area contributed by atoms with Gasteiger partial charge in [0.1, 0.15) is 18.1 Å². The van der Waals surface area contributed by atoms with Crippen LogP contribution in [0.4, 0.5) is 0 Å². The van der Waals surface area contributed by atoms with Gasteiger partial charge in [0.25, 0.3) is 0 Å². The molecule has 1 aromatic carbocycles. The summed E-state index contributed by atoms with van der Waals surface area (Å²) in [5, 5.41) is 16.4. The maximum atomic E-state index is 12.3. The minimum atomic E-state index is -1.04. The Labute approximate surface area is 162 Å². The third-order valence-corrected chi connectivity index (χ3v) is 4.43. The van der Waals surface area contributed by atoms with E-state index in [1.165, 1.54) is 0 Å². The minimum Gasteiger partial charge on any atom is -0.368 e. The normalized spacial score (nSPS) is 20.9. The van der Waals surface area contributed by atoms with Gasteiger partial charge >= 0.3 is 0 Å². The molecule has 1 aliphatic heterocycles. The van der Waals surface area contributed by atoms with E-state index in [-0.39, 0.29) is 18.7 Å². The Kier molecular flexibility index (Phi) is 7.09. The van der Waals surface area contributed by atoms with Crippen LogP contribution in [0.5, 0.6) is 0 Å². The van der Waals surface area contributed by atoms with Crippen LogP contribution in [0.1, 0.15) is 25.3 Å². The number of nitriles is 1. The first kappa shape index (κ1) is 20.9. The quantitative estimate of drug-likeness (QED) is 0.458. The average molecular weight is 385 g/mol. The number of carbonyl (C=O) groups is 4. The molecule has 0 unspecified atom stereocenters. The summed E-state index contributed by atoms with van der Waals surface area (Å²) in [5.74, 6) is -2.72. The highest BCUT2D eigenvalue weighted by Crippen LogP contribution is 2.09. The van der Waals surface area contributed by atoms with Gasteiger partial charge in [0.15, 0.2) is 0 Å². The molecule has 0 aromatic heterocycles. The molecule has 4 atom stereocenters. The topological polar surface area (TPSA) is 154 Å². The number of benzene rings is 1. The van der Waals surface area contributed by atoms with Gasteiger partial charge in [-0.15, -0.1) is 0 Å². The second-order valence-corrected chi connectivity index (χ2v) is 6.80. The highest BCUT2D eigenvalue weighted by Gasteiger charge is 2.35. The molecule has 9 nitrogen and oxygen atoms in total. The Morgan fingerprint density at radius 3 is 2.39 bits per heavy atom. The van der Waals surface area contributed by atoms with Gasteiger partial charge in [-0.25, -0.2) is 0 Å². The Balaban J connectivity index is 1.91. The maximum Gasteiger partial charge on any atom is 0.243 e. The molecule has 0 aliphatic carbocycles. The van der Waals surface area contributed by atoms with Gasteiger partial charge in [-0.05, 0) is 18.9 Å². The molecular formula is C19H23N5O4. The summed E-state index contributed by atoms with van der Waals surface area (Å²) in [6.45, 7) is 1.60. The Morgan fingerprint density at radius 1 is 1.18 bits per heavy atom. The summed E-state index contributed by atoms with van der Waals surface area (Å²) in [5.41, 5.74) is 6.15. The number of hydrogen-bond donors (Lipinski definition) is 4. The first-order valence-electron chi connectivity index (χ1n) is 8.93. The Morgan fingerprint density at radius 2 is 1.79 bits per heavy atom. The van der Waals surface area contributed by atoms with Crippen LogP contribution in [0.25, 0.3) is 0 Å². The number of nitrogens with two attached hydrogens (primary N) is 1. The van der Waals surface area contributed by atoms with E-state index in [9.17, 15) is 19.2 Å². The number of carbonyl (C=O) groups excluding carboxylic acids is 4. The fourth-order valence-electron chi connectivity index (χ4n) is 2.90. The van der Waals surface area contributed by atoms with Crippen molar-refractivity contribution in [3.63, 3.8) is 0 Å². The van der Waals surface area contributed by atoms with Gasteiger partial charge in [0.05, 0.1) is 12.5 Å². The van der Waals surface area contributed by atoms with E-state index >= 15 is 0 Å². The predicted molar refractivity (Wildman–Crippen MR) is 99.1 cm³/mol. The van der Waals surface area contributed by atoms with Crippen molar-refractivity contribution < 1.29 is 19.2 Å². The van der Waals surface area contributed by atoms with Gasteiger partial charge in [-0.3, -0.25) is 19.2 Å². The predicted octanol–water partition coefficient (Wildman–Crippen LogP) is -0.878. The van der Waals surface area contributed by atoms with Crippen molar-refractivity contribution >= 4 is 23.6 Å². The first-order chi connectivity index (χ1) is 13.3. The molecule has 4 amide bonds. The van der Waals surface area contributed by atoms with Crippen LogP contribution in [-0.4, -0.2) is 41.8 Å². The molecule has 28 heavy (non-hydrogen) atoms. The van der Waals surface area contributed by atoms with Crippen LogP contribution in [-0.2, 0) is 25.6 Å². The minimum absolute atomic E-state index is 0.0694. The number of nitrogens with zero attached hydrogens (tertiary/aromatic N) is 1. The molecule has 0 saturated carbocycles. The summed E-state index contributed by atoms with van der Waals surface area (Å²) >= 11 is 0. The van der Waals surface area contributed by atoms with E-state index in [2.05, 4.69) is 16.0 Å². The van der Waals surface area contributed by atoms with E-state index in [4.69, 9.17) is 11.0 Å². The van der Waals surface area contributed by atoms with Crippen molar-refractivity contribution in [1.29, 1.82) is 5.26 Å². The molecule has 0 spiro atoms. The molecular weight excluding hydrogens is 362 g/mol. The lowest BCUT2D eigenvalue weighted by atomic mass is 10.00. The lowest BCUT2D eigenvalue weighted by Gasteiger charge is -2.29. The molecule has 0 bridgehead atoms. The SMILES string of the molecule is C[C@H](C#N)C[C@@H](NC(=O)C[C@@H]1NC(=O)[C@H](Cc2ccccc2)NC1=O)C(N)=O. The number of primary amides is 1. The summed E-state index contributed by atoms with van der Waals surface area (Å²) in [6.07, 6.45) is 0.0768. The van der Waals surface area contributed by atoms with Crippen LogP contribution in [0.15, 0.2) is 30.3 Å². The van der Waals surface area contributed by atoms with Gasteiger partial charge in [-0.1, -0.05) is 30.3 Å². The number of amides is 4. The fraction of sp³-hybridized carbons (Fsp3) is 0.421. The molecule has 1 fully saturated rings. The Bertz CT molecular complexity index is 789. The van der Waals surface area contributed by atoms with Crippen molar-refractivity contribution in [3.05, 3.63) is 35.9 Å². The molecule has 9 heteroatoms. The van der Waals surface area contributed by atoms with Crippen LogP contribution in [0.2, 0.25) is 0 Å². The largest absolute Gasteiger partial charge is 0.368 e. The number of hydrogen-bond acceptors (Lipinski definition) is 5. The van der Waals surface area contributed by atoms with Crippen LogP contribution >= 0.6 is 0 Å².